The van der Waals surface area contributed by atoms with Gasteiger partial charge in [0.05, 0.1) is 13.2 Å². The highest BCUT2D eigenvalue weighted by Crippen LogP contribution is 2.33. The summed E-state index contributed by atoms with van der Waals surface area (Å²) in [6.07, 6.45) is 1.13. The summed E-state index contributed by atoms with van der Waals surface area (Å²) in [7, 11) is 0. The molecule has 2 N–H and O–H groups in total. The number of morpholine rings is 1. The Labute approximate surface area is 146 Å². The number of hydrogen-bond donors (Lipinski definition) is 2. The number of aromatic amines is 1. The van der Waals surface area contributed by atoms with Crippen LogP contribution in [0.5, 0.6) is 0 Å². The van der Waals surface area contributed by atoms with Crippen LogP contribution in [-0.2, 0) is 4.74 Å². The molecule has 0 radical (unpaired) electrons. The predicted octanol–water partition coefficient (Wildman–Crippen LogP) is 2.11. The minimum absolute atomic E-state index is 0.0178. The fourth-order valence-corrected chi connectivity index (χ4v) is 5.15. The molecule has 4 rings (SSSR count). The van der Waals surface area contributed by atoms with Crippen molar-refractivity contribution in [2.24, 2.45) is 0 Å². The Morgan fingerprint density at radius 1 is 1.33 bits per heavy atom. The van der Waals surface area contributed by atoms with Crippen molar-refractivity contribution in [2.45, 2.75) is 12.0 Å². The van der Waals surface area contributed by atoms with Crippen molar-refractivity contribution >= 4 is 28.6 Å². The number of benzene rings is 1. The van der Waals surface area contributed by atoms with E-state index in [9.17, 15) is 4.79 Å². The van der Waals surface area contributed by atoms with Crippen molar-refractivity contribution in [3.05, 3.63) is 36.0 Å². The number of nitrogens with one attached hydrogen (secondary N) is 2. The molecule has 1 amide bonds. The van der Waals surface area contributed by atoms with E-state index >= 15 is 0 Å². The van der Waals surface area contributed by atoms with E-state index in [1.165, 1.54) is 5.75 Å². The average molecular weight is 345 g/mol. The zero-order valence-corrected chi connectivity index (χ0v) is 14.5. The lowest BCUT2D eigenvalue weighted by Crippen LogP contribution is -2.59. The Bertz CT molecular complexity index is 685. The summed E-state index contributed by atoms with van der Waals surface area (Å²) in [6.45, 7) is 4.21. The highest BCUT2D eigenvalue weighted by atomic mass is 32.2. The van der Waals surface area contributed by atoms with Gasteiger partial charge in [0.25, 0.3) is 5.91 Å². The summed E-state index contributed by atoms with van der Waals surface area (Å²) >= 11 is 1.98. The van der Waals surface area contributed by atoms with Crippen molar-refractivity contribution in [3.8, 4) is 0 Å². The number of H-pyrrole nitrogens is 1. The molecular weight excluding hydrogens is 322 g/mol. The molecule has 2 aromatic rings. The fourth-order valence-electron chi connectivity index (χ4n) is 3.67. The van der Waals surface area contributed by atoms with E-state index in [0.29, 0.717) is 12.2 Å². The molecule has 1 aromatic heterocycles. The normalized spacial score (nSPS) is 25.2. The molecule has 128 valence electrons. The van der Waals surface area contributed by atoms with Crippen LogP contribution in [0.25, 0.3) is 10.9 Å². The second-order valence-electron chi connectivity index (χ2n) is 6.58. The van der Waals surface area contributed by atoms with Crippen molar-refractivity contribution in [1.82, 2.24) is 15.2 Å². The Morgan fingerprint density at radius 2 is 2.17 bits per heavy atom. The lowest BCUT2D eigenvalue weighted by Gasteiger charge is -2.43. The maximum absolute atomic E-state index is 12.6. The van der Waals surface area contributed by atoms with Crippen molar-refractivity contribution < 1.29 is 9.53 Å². The van der Waals surface area contributed by atoms with Gasteiger partial charge in [-0.25, -0.2) is 0 Å². The maximum atomic E-state index is 12.6. The minimum atomic E-state index is -0.0178. The number of nitrogens with zero attached hydrogens (tertiary/aromatic N) is 1. The van der Waals surface area contributed by atoms with Gasteiger partial charge in [0.1, 0.15) is 5.69 Å². The van der Waals surface area contributed by atoms with Crippen LogP contribution in [0.15, 0.2) is 30.3 Å². The molecule has 2 aliphatic heterocycles. The van der Waals surface area contributed by atoms with Crippen LogP contribution in [0.2, 0.25) is 0 Å². The monoisotopic (exact) mass is 345 g/mol. The van der Waals surface area contributed by atoms with Crippen LogP contribution in [0, 0.1) is 0 Å². The van der Waals surface area contributed by atoms with E-state index in [2.05, 4.69) is 15.2 Å². The number of hydrogen-bond acceptors (Lipinski definition) is 4. The predicted molar refractivity (Wildman–Crippen MR) is 97.7 cm³/mol. The van der Waals surface area contributed by atoms with Crippen LogP contribution >= 0.6 is 11.8 Å². The van der Waals surface area contributed by atoms with E-state index in [1.807, 2.05) is 42.1 Å². The van der Waals surface area contributed by atoms with Crippen molar-refractivity contribution in [3.63, 3.8) is 0 Å². The largest absolute Gasteiger partial charge is 0.379 e. The standard InChI is InChI=1S/C18H23N3O2S/c22-17(16-11-14-3-1-2-4-15(14)20-16)19-12-18(5-10-24-13-18)21-6-8-23-9-7-21/h1-4,11,20H,5-10,12-13H2,(H,19,22)/t18-/m0/s1. The summed E-state index contributed by atoms with van der Waals surface area (Å²) in [5.41, 5.74) is 1.72. The van der Waals surface area contributed by atoms with Gasteiger partial charge in [0.15, 0.2) is 0 Å². The molecule has 1 atom stereocenters. The highest BCUT2D eigenvalue weighted by Gasteiger charge is 2.40. The van der Waals surface area contributed by atoms with Gasteiger partial charge in [-0.1, -0.05) is 18.2 Å². The molecule has 0 spiro atoms. The van der Waals surface area contributed by atoms with Gasteiger partial charge in [-0.05, 0) is 24.3 Å². The molecule has 6 heteroatoms. The Hall–Kier alpha value is -1.50. The molecule has 5 nitrogen and oxygen atoms in total. The first-order valence-electron chi connectivity index (χ1n) is 8.53. The lowest BCUT2D eigenvalue weighted by molar-refractivity contribution is -0.0129. The lowest BCUT2D eigenvalue weighted by atomic mass is 9.95. The van der Waals surface area contributed by atoms with Gasteiger partial charge < -0.3 is 15.0 Å². The molecule has 2 fully saturated rings. The maximum Gasteiger partial charge on any atom is 0.267 e. The molecular formula is C18H23N3O2S. The van der Waals surface area contributed by atoms with Crippen LogP contribution in [0.3, 0.4) is 0 Å². The molecule has 1 aromatic carbocycles. The number of ether oxygens (including phenoxy) is 1. The molecule has 2 aliphatic rings. The zero-order valence-electron chi connectivity index (χ0n) is 13.7. The van der Waals surface area contributed by atoms with Gasteiger partial charge in [0, 0.05) is 41.8 Å². The van der Waals surface area contributed by atoms with Crippen LogP contribution in [0.1, 0.15) is 16.9 Å². The second kappa shape index (κ2) is 6.78. The Morgan fingerprint density at radius 3 is 2.92 bits per heavy atom. The Kier molecular flexibility index (Phi) is 4.52. The quantitative estimate of drug-likeness (QED) is 0.891. The zero-order chi connectivity index (χ0) is 16.4. The second-order valence-corrected chi connectivity index (χ2v) is 7.68. The number of fused-ring (bicyclic) bond motifs is 1. The summed E-state index contributed by atoms with van der Waals surface area (Å²) in [4.78, 5) is 18.3. The van der Waals surface area contributed by atoms with E-state index in [4.69, 9.17) is 4.74 Å². The van der Waals surface area contributed by atoms with E-state index in [1.54, 1.807) is 0 Å². The SMILES string of the molecule is O=C(NC[C@@]1(N2CCOCC2)CCSC1)c1cc2ccccc2[nH]1. The minimum Gasteiger partial charge on any atom is -0.379 e. The van der Waals surface area contributed by atoms with Gasteiger partial charge in [-0.2, -0.15) is 11.8 Å². The average Bonchev–Trinajstić information content (AvgIpc) is 3.28. The summed E-state index contributed by atoms with van der Waals surface area (Å²) < 4.78 is 5.49. The Balaban J connectivity index is 1.46. The highest BCUT2D eigenvalue weighted by molar-refractivity contribution is 7.99. The third-order valence-electron chi connectivity index (χ3n) is 5.12. The molecule has 24 heavy (non-hydrogen) atoms. The smallest absolute Gasteiger partial charge is 0.267 e. The number of rotatable bonds is 4. The molecule has 2 saturated heterocycles. The third-order valence-corrected chi connectivity index (χ3v) is 6.35. The molecule has 0 unspecified atom stereocenters. The molecule has 3 heterocycles. The summed E-state index contributed by atoms with van der Waals surface area (Å²) in [5.74, 6) is 2.23. The number of carbonyl (C=O) groups excluding carboxylic acids is 1. The summed E-state index contributed by atoms with van der Waals surface area (Å²) in [6, 6.07) is 9.90. The van der Waals surface area contributed by atoms with Crippen LogP contribution < -0.4 is 5.32 Å². The van der Waals surface area contributed by atoms with E-state index in [0.717, 1.165) is 49.4 Å². The van der Waals surface area contributed by atoms with Gasteiger partial charge in [0.2, 0.25) is 0 Å². The van der Waals surface area contributed by atoms with Crippen LogP contribution in [-0.4, -0.2) is 65.7 Å². The van der Waals surface area contributed by atoms with Gasteiger partial charge in [-0.3, -0.25) is 9.69 Å². The number of carbonyl (C=O) groups is 1. The molecule has 0 aliphatic carbocycles. The van der Waals surface area contributed by atoms with E-state index < -0.39 is 0 Å². The van der Waals surface area contributed by atoms with Gasteiger partial charge >= 0.3 is 0 Å². The first-order chi connectivity index (χ1) is 11.8. The first kappa shape index (κ1) is 16.0. The molecule has 0 saturated carbocycles. The topological polar surface area (TPSA) is 57.4 Å². The first-order valence-corrected chi connectivity index (χ1v) is 9.69. The van der Waals surface area contributed by atoms with Crippen molar-refractivity contribution in [1.29, 1.82) is 0 Å². The van der Waals surface area contributed by atoms with Crippen molar-refractivity contribution in [2.75, 3.05) is 44.4 Å². The van der Waals surface area contributed by atoms with Crippen LogP contribution in [0.4, 0.5) is 0 Å². The summed E-state index contributed by atoms with van der Waals surface area (Å²) in [5, 5.41) is 4.25. The number of para-hydroxylation sites is 1. The van der Waals surface area contributed by atoms with Gasteiger partial charge in [-0.15, -0.1) is 0 Å². The number of amides is 1. The number of thioether (sulfide) groups is 1. The van der Waals surface area contributed by atoms with E-state index in [-0.39, 0.29) is 11.4 Å². The molecule has 0 bridgehead atoms. The third kappa shape index (κ3) is 3.06. The fraction of sp³-hybridized carbons (Fsp3) is 0.500. The number of aromatic nitrogens is 1.